The van der Waals surface area contributed by atoms with Gasteiger partial charge in [0.05, 0.1) is 4.90 Å². The second-order valence-electron chi connectivity index (χ2n) is 3.96. The van der Waals surface area contributed by atoms with Crippen molar-refractivity contribution in [3.8, 4) is 0 Å². The van der Waals surface area contributed by atoms with Crippen LogP contribution in [0.25, 0.3) is 0 Å². The third-order valence-corrected chi connectivity index (χ3v) is 3.47. The van der Waals surface area contributed by atoms with Gasteiger partial charge in [-0.1, -0.05) is 0 Å². The summed E-state index contributed by atoms with van der Waals surface area (Å²) in [7, 11) is -3.77. The standard InChI is InChI=1S/C11H19N3O3S/c1-2-14(4-3-5-15)10-6-9(12)7-11(8-10)18(13,16)17/h6-8,15H,2-5,12H2,1H3,(H2,13,16,17). The SMILES string of the molecule is CCN(CCCO)c1cc(N)cc(S(N)(=O)=O)c1. The topological polar surface area (TPSA) is 110 Å². The zero-order valence-electron chi connectivity index (χ0n) is 10.3. The Labute approximate surface area is 107 Å². The molecule has 0 fully saturated rings. The number of aliphatic hydroxyl groups excluding tert-OH is 1. The molecule has 0 radical (unpaired) electrons. The Balaban J connectivity index is 3.11. The molecule has 0 amide bonds. The van der Waals surface area contributed by atoms with Crippen molar-refractivity contribution < 1.29 is 13.5 Å². The minimum Gasteiger partial charge on any atom is -0.399 e. The van der Waals surface area contributed by atoms with Crippen molar-refractivity contribution in [3.05, 3.63) is 18.2 Å². The number of hydrogen-bond donors (Lipinski definition) is 3. The third-order valence-electron chi connectivity index (χ3n) is 2.58. The number of hydrogen-bond acceptors (Lipinski definition) is 5. The second kappa shape index (κ2) is 6.03. The Morgan fingerprint density at radius 2 is 2.00 bits per heavy atom. The fourth-order valence-electron chi connectivity index (χ4n) is 1.68. The summed E-state index contributed by atoms with van der Waals surface area (Å²) in [4.78, 5) is 1.93. The number of nitrogens with zero attached hydrogens (tertiary/aromatic N) is 1. The molecule has 6 nitrogen and oxygen atoms in total. The molecular formula is C11H19N3O3S. The fraction of sp³-hybridized carbons (Fsp3) is 0.455. The van der Waals surface area contributed by atoms with Gasteiger partial charge in [-0.3, -0.25) is 0 Å². The molecule has 5 N–H and O–H groups in total. The molecule has 102 valence electrons. The first kappa shape index (κ1) is 14.7. The van der Waals surface area contributed by atoms with Gasteiger partial charge < -0.3 is 15.7 Å². The van der Waals surface area contributed by atoms with Crippen LogP contribution < -0.4 is 15.8 Å². The summed E-state index contributed by atoms with van der Waals surface area (Å²) >= 11 is 0. The van der Waals surface area contributed by atoms with Gasteiger partial charge in [0.25, 0.3) is 0 Å². The molecule has 0 saturated heterocycles. The number of rotatable bonds is 6. The van der Waals surface area contributed by atoms with E-state index in [9.17, 15) is 8.42 Å². The van der Waals surface area contributed by atoms with Crippen molar-refractivity contribution in [3.63, 3.8) is 0 Å². The zero-order valence-corrected chi connectivity index (χ0v) is 11.2. The van der Waals surface area contributed by atoms with Crippen molar-refractivity contribution in [2.24, 2.45) is 5.14 Å². The van der Waals surface area contributed by atoms with Gasteiger partial charge in [-0.2, -0.15) is 0 Å². The van der Waals surface area contributed by atoms with E-state index < -0.39 is 10.0 Å². The van der Waals surface area contributed by atoms with E-state index in [1.165, 1.54) is 12.1 Å². The Kier molecular flexibility index (Phi) is 4.94. The quantitative estimate of drug-likeness (QED) is 0.638. The smallest absolute Gasteiger partial charge is 0.238 e. The Hall–Kier alpha value is -1.31. The molecule has 1 aromatic rings. The van der Waals surface area contributed by atoms with E-state index in [4.69, 9.17) is 16.0 Å². The lowest BCUT2D eigenvalue weighted by atomic mass is 10.2. The molecule has 18 heavy (non-hydrogen) atoms. The average Bonchev–Trinajstić information content (AvgIpc) is 2.28. The van der Waals surface area contributed by atoms with Crippen molar-refractivity contribution >= 4 is 21.4 Å². The Morgan fingerprint density at radius 1 is 1.33 bits per heavy atom. The predicted octanol–water partition coefficient (Wildman–Crippen LogP) is 0.125. The number of nitrogens with two attached hydrogens (primary N) is 2. The van der Waals surface area contributed by atoms with Crippen LogP contribution in [0, 0.1) is 0 Å². The molecular weight excluding hydrogens is 254 g/mol. The molecule has 0 spiro atoms. The highest BCUT2D eigenvalue weighted by Gasteiger charge is 2.12. The first-order valence-corrected chi connectivity index (χ1v) is 7.22. The number of aliphatic hydroxyl groups is 1. The normalized spacial score (nSPS) is 11.5. The van der Waals surface area contributed by atoms with Gasteiger partial charge in [-0.25, -0.2) is 13.6 Å². The average molecular weight is 273 g/mol. The summed E-state index contributed by atoms with van der Waals surface area (Å²) in [6.07, 6.45) is 0.605. The van der Waals surface area contributed by atoms with Gasteiger partial charge in [-0.15, -0.1) is 0 Å². The van der Waals surface area contributed by atoms with E-state index in [0.29, 0.717) is 30.9 Å². The summed E-state index contributed by atoms with van der Waals surface area (Å²) in [6.45, 7) is 3.34. The minimum atomic E-state index is -3.77. The maximum atomic E-state index is 11.3. The molecule has 7 heteroatoms. The van der Waals surface area contributed by atoms with E-state index >= 15 is 0 Å². The zero-order chi connectivity index (χ0) is 13.8. The van der Waals surface area contributed by atoms with Crippen LogP contribution in [0.5, 0.6) is 0 Å². The lowest BCUT2D eigenvalue weighted by Crippen LogP contribution is -2.25. The molecule has 0 unspecified atom stereocenters. The molecule has 0 aliphatic heterocycles. The minimum absolute atomic E-state index is 0.0000477. The second-order valence-corrected chi connectivity index (χ2v) is 5.52. The van der Waals surface area contributed by atoms with Crippen LogP contribution in [0.4, 0.5) is 11.4 Å². The first-order chi connectivity index (χ1) is 8.38. The molecule has 1 rings (SSSR count). The lowest BCUT2D eigenvalue weighted by Gasteiger charge is -2.23. The van der Waals surface area contributed by atoms with E-state index in [2.05, 4.69) is 0 Å². The first-order valence-electron chi connectivity index (χ1n) is 5.67. The molecule has 0 aliphatic carbocycles. The summed E-state index contributed by atoms with van der Waals surface area (Å²) in [5.74, 6) is 0. The maximum Gasteiger partial charge on any atom is 0.238 e. The summed E-state index contributed by atoms with van der Waals surface area (Å²) < 4.78 is 22.7. The van der Waals surface area contributed by atoms with Crippen molar-refractivity contribution in [1.29, 1.82) is 0 Å². The van der Waals surface area contributed by atoms with Crippen LogP contribution in [0.3, 0.4) is 0 Å². The van der Waals surface area contributed by atoms with Crippen LogP contribution >= 0.6 is 0 Å². The van der Waals surface area contributed by atoms with Crippen molar-refractivity contribution in [1.82, 2.24) is 0 Å². The number of primary sulfonamides is 1. The van der Waals surface area contributed by atoms with Crippen LogP contribution in [0.2, 0.25) is 0 Å². The van der Waals surface area contributed by atoms with Crippen LogP contribution in [0.15, 0.2) is 23.1 Å². The monoisotopic (exact) mass is 273 g/mol. The molecule has 0 aliphatic rings. The third kappa shape index (κ3) is 3.86. The van der Waals surface area contributed by atoms with Gasteiger partial charge >= 0.3 is 0 Å². The molecule has 0 saturated carbocycles. The van der Waals surface area contributed by atoms with Gasteiger partial charge in [0.1, 0.15) is 0 Å². The molecule has 0 heterocycles. The van der Waals surface area contributed by atoms with Crippen LogP contribution in [-0.4, -0.2) is 33.2 Å². The van der Waals surface area contributed by atoms with Gasteiger partial charge in [0.2, 0.25) is 10.0 Å². The predicted molar refractivity (Wildman–Crippen MR) is 71.8 cm³/mol. The Bertz CT molecular complexity index is 502. The van der Waals surface area contributed by atoms with E-state index in [-0.39, 0.29) is 11.5 Å². The lowest BCUT2D eigenvalue weighted by molar-refractivity contribution is 0.289. The highest BCUT2D eigenvalue weighted by Crippen LogP contribution is 2.23. The number of nitrogen functional groups attached to an aromatic ring is 1. The number of anilines is 2. The largest absolute Gasteiger partial charge is 0.399 e. The maximum absolute atomic E-state index is 11.3. The van der Waals surface area contributed by atoms with Crippen molar-refractivity contribution in [2.45, 2.75) is 18.2 Å². The van der Waals surface area contributed by atoms with E-state index in [0.717, 1.165) is 0 Å². The summed E-state index contributed by atoms with van der Waals surface area (Å²) in [6, 6.07) is 4.51. The number of sulfonamides is 1. The van der Waals surface area contributed by atoms with Gasteiger partial charge in [-0.05, 0) is 31.5 Å². The number of benzene rings is 1. The highest BCUT2D eigenvalue weighted by molar-refractivity contribution is 7.89. The van der Waals surface area contributed by atoms with Crippen LogP contribution in [0.1, 0.15) is 13.3 Å². The fourth-order valence-corrected chi connectivity index (χ4v) is 2.27. The highest BCUT2D eigenvalue weighted by atomic mass is 32.2. The van der Waals surface area contributed by atoms with Gasteiger partial charge in [0, 0.05) is 31.1 Å². The summed E-state index contributed by atoms with van der Waals surface area (Å²) in [5.41, 5.74) is 6.72. The summed E-state index contributed by atoms with van der Waals surface area (Å²) in [5, 5.41) is 13.9. The van der Waals surface area contributed by atoms with Crippen LogP contribution in [-0.2, 0) is 10.0 Å². The van der Waals surface area contributed by atoms with Gasteiger partial charge in [0.15, 0.2) is 0 Å². The molecule has 0 aromatic heterocycles. The molecule has 0 bridgehead atoms. The Morgan fingerprint density at radius 3 is 2.50 bits per heavy atom. The van der Waals surface area contributed by atoms with Crippen molar-refractivity contribution in [2.75, 3.05) is 30.3 Å². The molecule has 1 aromatic carbocycles. The van der Waals surface area contributed by atoms with E-state index in [1.54, 1.807) is 6.07 Å². The van der Waals surface area contributed by atoms with E-state index in [1.807, 2.05) is 11.8 Å². The molecule has 0 atom stereocenters.